The second kappa shape index (κ2) is 2.57. The maximum atomic E-state index is 9.92. The highest BCUT2D eigenvalue weighted by atomic mass is 32.2. The predicted octanol–water partition coefficient (Wildman–Crippen LogP) is 1.26. The van der Waals surface area contributed by atoms with Crippen molar-refractivity contribution < 1.29 is 9.53 Å². The molecule has 0 saturated carbocycles. The third-order valence-corrected chi connectivity index (χ3v) is 1.28. The number of hydrogen-bond donors (Lipinski definition) is 0. The average Bonchev–Trinajstić information content (AvgIpc) is 1.90. The van der Waals surface area contributed by atoms with Gasteiger partial charge in [-0.2, -0.15) is 0 Å². The third-order valence-electron chi connectivity index (χ3n) is 0.639. The Balaban J connectivity index is 2.55. The molecular formula is C5H4O2S. The van der Waals surface area contributed by atoms with Crippen molar-refractivity contribution >= 4 is 18.0 Å². The Morgan fingerprint density at radius 3 is 3.00 bits per heavy atom. The Hall–Kier alpha value is -0.700. The fourth-order valence-corrected chi connectivity index (χ4v) is 0.772. The molecule has 0 unspecified atom stereocenters. The van der Waals surface area contributed by atoms with Gasteiger partial charge in [-0.1, -0.05) is 11.8 Å². The molecule has 0 aromatic carbocycles. The Kier molecular flexibility index (Phi) is 1.75. The minimum Gasteiger partial charge on any atom is -0.460 e. The summed E-state index contributed by atoms with van der Waals surface area (Å²) in [6, 6.07) is 0. The van der Waals surface area contributed by atoms with Gasteiger partial charge in [0, 0.05) is 10.8 Å². The molecule has 0 amide bonds. The van der Waals surface area contributed by atoms with Crippen LogP contribution >= 0.6 is 11.8 Å². The van der Waals surface area contributed by atoms with E-state index < -0.39 is 0 Å². The Morgan fingerprint density at radius 1 is 1.75 bits per heavy atom. The lowest BCUT2D eigenvalue weighted by molar-refractivity contribution is -0.107. The van der Waals surface area contributed by atoms with Gasteiger partial charge in [0.2, 0.25) is 0 Å². The van der Waals surface area contributed by atoms with Crippen LogP contribution in [0.4, 0.5) is 0 Å². The fraction of sp³-hybridized carbons (Fsp3) is 0. The molecule has 0 aromatic heterocycles. The van der Waals surface area contributed by atoms with Crippen LogP contribution in [0.2, 0.25) is 0 Å². The summed E-state index contributed by atoms with van der Waals surface area (Å²) in [6.45, 7) is 0. The lowest BCUT2D eigenvalue weighted by atomic mass is 10.6. The minimum absolute atomic E-state index is 0.373. The minimum atomic E-state index is 0.373. The summed E-state index contributed by atoms with van der Waals surface area (Å²) < 4.78 is 4.72. The van der Waals surface area contributed by atoms with Crippen molar-refractivity contribution in [2.75, 3.05) is 0 Å². The molecule has 0 spiro atoms. The van der Waals surface area contributed by atoms with Gasteiger partial charge in [0.1, 0.15) is 0 Å². The van der Waals surface area contributed by atoms with Crippen molar-refractivity contribution in [1.82, 2.24) is 0 Å². The van der Waals surface area contributed by atoms with Crippen molar-refractivity contribution in [3.05, 3.63) is 22.8 Å². The number of hydrogen-bond acceptors (Lipinski definition) is 3. The van der Waals surface area contributed by atoms with E-state index in [0.717, 1.165) is 0 Å². The van der Waals surface area contributed by atoms with E-state index in [4.69, 9.17) is 4.74 Å². The highest BCUT2D eigenvalue weighted by Gasteiger charge is 1.94. The topological polar surface area (TPSA) is 26.3 Å². The van der Waals surface area contributed by atoms with Crippen molar-refractivity contribution in [3.8, 4) is 0 Å². The molecule has 0 bridgehead atoms. The van der Waals surface area contributed by atoms with E-state index >= 15 is 0 Å². The Labute approximate surface area is 51.2 Å². The quantitative estimate of drug-likeness (QED) is 0.497. The molecule has 0 N–H and O–H groups in total. The lowest BCUT2D eigenvalue weighted by Gasteiger charge is -1.99. The highest BCUT2D eigenvalue weighted by molar-refractivity contribution is 8.04. The standard InChI is InChI=1S/C5H4O2S/c6-3-5-4-8-2-1-7-5/h1-4H. The van der Waals surface area contributed by atoms with Gasteiger partial charge in [-0.25, -0.2) is 0 Å². The summed E-state index contributed by atoms with van der Waals surface area (Å²) in [5.41, 5.74) is 0. The number of carbonyl (C=O) groups is 1. The molecule has 1 heterocycles. The van der Waals surface area contributed by atoms with Crippen LogP contribution in [0.25, 0.3) is 0 Å². The van der Waals surface area contributed by atoms with Gasteiger partial charge < -0.3 is 4.74 Å². The largest absolute Gasteiger partial charge is 0.460 e. The van der Waals surface area contributed by atoms with Gasteiger partial charge >= 0.3 is 0 Å². The van der Waals surface area contributed by atoms with Gasteiger partial charge in [-0.3, -0.25) is 4.79 Å². The zero-order chi connectivity index (χ0) is 5.82. The number of rotatable bonds is 1. The normalized spacial score (nSPS) is 16.8. The van der Waals surface area contributed by atoms with E-state index in [-0.39, 0.29) is 0 Å². The van der Waals surface area contributed by atoms with E-state index in [2.05, 4.69) is 0 Å². The summed E-state index contributed by atoms with van der Waals surface area (Å²) in [5.74, 6) is 0.373. The van der Waals surface area contributed by atoms with Crippen LogP contribution in [0.15, 0.2) is 22.8 Å². The van der Waals surface area contributed by atoms with Crippen LogP contribution in [0.1, 0.15) is 0 Å². The van der Waals surface area contributed by atoms with E-state index in [9.17, 15) is 4.79 Å². The number of ether oxygens (including phenoxy) is 1. The van der Waals surface area contributed by atoms with Crippen molar-refractivity contribution in [2.45, 2.75) is 0 Å². The first-order valence-corrected chi connectivity index (χ1v) is 3.00. The molecule has 0 aliphatic carbocycles. The maximum absolute atomic E-state index is 9.92. The lowest BCUT2D eigenvalue weighted by Crippen LogP contribution is -1.86. The van der Waals surface area contributed by atoms with Crippen LogP contribution in [-0.4, -0.2) is 6.29 Å². The van der Waals surface area contributed by atoms with Crippen LogP contribution < -0.4 is 0 Å². The zero-order valence-corrected chi connectivity index (χ0v) is 4.85. The molecule has 0 aromatic rings. The summed E-state index contributed by atoms with van der Waals surface area (Å²) in [7, 11) is 0. The van der Waals surface area contributed by atoms with Gasteiger partial charge in [-0.05, 0) is 0 Å². The van der Waals surface area contributed by atoms with E-state index in [1.165, 1.54) is 18.0 Å². The summed E-state index contributed by atoms with van der Waals surface area (Å²) in [5, 5.41) is 3.40. The molecule has 3 heteroatoms. The van der Waals surface area contributed by atoms with Gasteiger partial charge in [0.05, 0.1) is 6.26 Å². The third kappa shape index (κ3) is 1.13. The first-order chi connectivity index (χ1) is 3.93. The molecule has 0 atom stereocenters. The molecule has 0 saturated heterocycles. The molecule has 1 aliphatic rings. The van der Waals surface area contributed by atoms with Gasteiger partial charge in [0.15, 0.2) is 12.0 Å². The predicted molar refractivity (Wildman–Crippen MR) is 32.0 cm³/mol. The van der Waals surface area contributed by atoms with Crippen molar-refractivity contribution in [1.29, 1.82) is 0 Å². The van der Waals surface area contributed by atoms with Gasteiger partial charge in [0.25, 0.3) is 0 Å². The molecular weight excluding hydrogens is 124 g/mol. The zero-order valence-electron chi connectivity index (χ0n) is 4.03. The summed E-state index contributed by atoms with van der Waals surface area (Å²) in [4.78, 5) is 9.92. The highest BCUT2D eigenvalue weighted by Crippen LogP contribution is 2.13. The first kappa shape index (κ1) is 5.44. The molecule has 1 rings (SSSR count). The van der Waals surface area contributed by atoms with Crippen LogP contribution in [0.3, 0.4) is 0 Å². The molecule has 0 fully saturated rings. The first-order valence-electron chi connectivity index (χ1n) is 2.06. The average molecular weight is 128 g/mol. The van der Waals surface area contributed by atoms with Crippen molar-refractivity contribution in [3.63, 3.8) is 0 Å². The molecule has 2 nitrogen and oxygen atoms in total. The summed E-state index contributed by atoms with van der Waals surface area (Å²) in [6.07, 6.45) is 2.16. The molecule has 1 aliphatic heterocycles. The number of thioether (sulfide) groups is 1. The van der Waals surface area contributed by atoms with Gasteiger partial charge in [-0.15, -0.1) is 0 Å². The van der Waals surface area contributed by atoms with E-state index in [0.29, 0.717) is 12.0 Å². The SMILES string of the molecule is O=CC1=CSC=CO1. The monoisotopic (exact) mass is 128 g/mol. The number of carbonyl (C=O) groups excluding carboxylic acids is 1. The van der Waals surface area contributed by atoms with Crippen LogP contribution in [0.5, 0.6) is 0 Å². The summed E-state index contributed by atoms with van der Waals surface area (Å²) >= 11 is 1.43. The Bertz CT molecular complexity index is 149. The van der Waals surface area contributed by atoms with Crippen LogP contribution in [0, 0.1) is 0 Å². The van der Waals surface area contributed by atoms with Crippen LogP contribution in [-0.2, 0) is 9.53 Å². The van der Waals surface area contributed by atoms with Crippen molar-refractivity contribution in [2.24, 2.45) is 0 Å². The maximum Gasteiger partial charge on any atom is 0.185 e. The second-order valence-corrected chi connectivity index (χ2v) is 1.94. The Morgan fingerprint density at radius 2 is 2.62 bits per heavy atom. The second-order valence-electron chi connectivity index (χ2n) is 1.16. The number of aldehydes is 1. The smallest absolute Gasteiger partial charge is 0.185 e. The molecule has 0 radical (unpaired) electrons. The molecule has 42 valence electrons. The fourth-order valence-electron chi connectivity index (χ4n) is 0.328. The van der Waals surface area contributed by atoms with E-state index in [1.54, 1.807) is 10.8 Å². The van der Waals surface area contributed by atoms with E-state index in [1.807, 2.05) is 0 Å². The molecule has 8 heavy (non-hydrogen) atoms. The number of allylic oxidation sites excluding steroid dienone is 1.